The lowest BCUT2D eigenvalue weighted by molar-refractivity contribution is -0.152. The minimum absolute atomic E-state index is 0.0344. The van der Waals surface area contributed by atoms with Crippen molar-refractivity contribution in [3.63, 3.8) is 0 Å². The van der Waals surface area contributed by atoms with Crippen LogP contribution in [0.4, 0.5) is 0 Å². The van der Waals surface area contributed by atoms with Crippen molar-refractivity contribution < 1.29 is 57.8 Å². The van der Waals surface area contributed by atoms with Gasteiger partial charge in [0.15, 0.2) is 0 Å². The van der Waals surface area contributed by atoms with Crippen molar-refractivity contribution in [3.05, 3.63) is 12.2 Å². The molecule has 396 valence electrons. The van der Waals surface area contributed by atoms with Crippen LogP contribution in [0, 0.1) is 17.8 Å². The molecule has 1 aliphatic heterocycles. The lowest BCUT2D eigenvalue weighted by Gasteiger charge is -2.38. The number of allylic oxidation sites excluding steroid dienone is 2. The summed E-state index contributed by atoms with van der Waals surface area (Å²) < 4.78 is 0. The quantitative estimate of drug-likeness (QED) is 0.138. The van der Waals surface area contributed by atoms with Gasteiger partial charge in [-0.3, -0.25) is 52.7 Å². The summed E-state index contributed by atoms with van der Waals surface area (Å²) in [7, 11) is 8.00. The van der Waals surface area contributed by atoms with Crippen LogP contribution in [0.2, 0.25) is 0 Å². The average molecular weight is 992 g/mol. The number of aliphatic hydroxyl groups excluding tert-OH is 1. The molecule has 1 aliphatic rings. The Morgan fingerprint density at radius 3 is 1.73 bits per heavy atom. The molecular weight excluding hydrogens is 911 g/mol. The van der Waals surface area contributed by atoms with Gasteiger partial charge in [-0.15, -0.1) is 0 Å². The Bertz CT molecular complexity index is 1910. The molecule has 7 atom stereocenters. The Hall–Kier alpha value is -6.13. The lowest BCUT2D eigenvalue weighted by Crippen LogP contribution is -2.61. The van der Waals surface area contributed by atoms with E-state index in [1.165, 1.54) is 54.1 Å². The van der Waals surface area contributed by atoms with Gasteiger partial charge in [0.05, 0.1) is 38.8 Å². The number of likely N-dealkylation sites (N-methyl/N-ethyl adjacent to an activating group) is 6. The van der Waals surface area contributed by atoms with Gasteiger partial charge < -0.3 is 61.1 Å². The highest BCUT2D eigenvalue weighted by atomic mass is 16.3. The number of amides is 11. The summed E-state index contributed by atoms with van der Waals surface area (Å²) in [5, 5.41) is 24.2. The highest BCUT2D eigenvalue weighted by Gasteiger charge is 2.41. The van der Waals surface area contributed by atoms with Crippen LogP contribution in [0.3, 0.4) is 0 Å². The molecule has 7 unspecified atom stereocenters. The van der Waals surface area contributed by atoms with E-state index in [1.54, 1.807) is 53.7 Å². The number of carbonyl (C=O) groups excluding carboxylic acids is 11. The normalized spacial score (nSPS) is 24.9. The van der Waals surface area contributed by atoms with Gasteiger partial charge >= 0.3 is 0 Å². The summed E-state index contributed by atoms with van der Waals surface area (Å²) in [6.07, 6.45) is 2.65. The Labute approximate surface area is 413 Å². The van der Waals surface area contributed by atoms with Gasteiger partial charge in [-0.1, -0.05) is 60.6 Å². The third-order valence-electron chi connectivity index (χ3n) is 12.0. The van der Waals surface area contributed by atoms with Crippen LogP contribution in [-0.2, 0) is 52.7 Å². The minimum Gasteiger partial charge on any atom is -0.390 e. The van der Waals surface area contributed by atoms with Gasteiger partial charge in [0.25, 0.3) is 0 Å². The summed E-state index contributed by atoms with van der Waals surface area (Å²) >= 11 is 0. The Morgan fingerprint density at radius 2 is 1.19 bits per heavy atom. The monoisotopic (exact) mass is 992 g/mol. The van der Waals surface area contributed by atoms with E-state index >= 15 is 0 Å². The Balaban J connectivity index is 3.71. The van der Waals surface area contributed by atoms with E-state index in [0.29, 0.717) is 6.42 Å². The smallest absolute Gasteiger partial charge is 0.246 e. The average Bonchev–Trinajstić information content (AvgIpc) is 3.28. The number of rotatable bonds is 9. The molecule has 0 aromatic rings. The number of hydrogen-bond acceptors (Lipinski definition) is 12. The summed E-state index contributed by atoms with van der Waals surface area (Å²) in [6.45, 7) is 12.4. The molecule has 1 fully saturated rings. The van der Waals surface area contributed by atoms with Crippen LogP contribution in [-0.4, -0.2) is 217 Å². The molecule has 0 bridgehead atoms. The van der Waals surface area contributed by atoms with Crippen LogP contribution in [0.1, 0.15) is 88.0 Å². The van der Waals surface area contributed by atoms with Gasteiger partial charge in [0.1, 0.15) is 36.3 Å². The number of nitrogens with zero attached hydrogens (tertiary/aromatic N) is 6. The van der Waals surface area contributed by atoms with E-state index in [9.17, 15) is 57.8 Å². The second kappa shape index (κ2) is 29.1. The zero-order valence-electron chi connectivity index (χ0n) is 43.9. The van der Waals surface area contributed by atoms with E-state index in [1.807, 2.05) is 13.8 Å². The maximum absolute atomic E-state index is 14.3. The third-order valence-corrected chi connectivity index (χ3v) is 12.0. The van der Waals surface area contributed by atoms with E-state index in [-0.39, 0.29) is 25.2 Å². The predicted molar refractivity (Wildman–Crippen MR) is 260 cm³/mol. The molecule has 0 aromatic heterocycles. The van der Waals surface area contributed by atoms with Gasteiger partial charge in [-0.25, -0.2) is 0 Å². The number of carbonyl (C=O) groups is 11. The standard InChI is InChI=1S/C47H81N11O12/c1-16-18-19-20-33(59)41-43(66)51-31(17-2)45(68)55(12)26-38(64)53(10)25-36(62)52-39(28(5)6)46(69)56(13)32(21-27(3)4)42(65)49-22-34(60)50-30(9)44(67)54(11)24-35(61)48-23-37(63)57(14)40(29(7)8)47(70)58(41)15/h16,18,27-33,39-41,59H,17,19-26H2,1-15H3,(H,48,61)(H,49,65)(H,50,60)(H,51,66)(H,52,62)/b18-16+. The first-order valence-electron chi connectivity index (χ1n) is 23.8. The van der Waals surface area contributed by atoms with Crippen LogP contribution in [0.25, 0.3) is 0 Å². The van der Waals surface area contributed by atoms with E-state index in [4.69, 9.17) is 0 Å². The fourth-order valence-electron chi connectivity index (χ4n) is 7.78. The summed E-state index contributed by atoms with van der Waals surface area (Å²) in [4.78, 5) is 156. The number of hydrogen-bond donors (Lipinski definition) is 6. The number of nitrogens with one attached hydrogen (secondary N) is 5. The molecule has 0 spiro atoms. The maximum Gasteiger partial charge on any atom is 0.246 e. The summed E-state index contributed by atoms with van der Waals surface area (Å²) in [6, 6.07) is -7.39. The molecule has 0 aromatic carbocycles. The van der Waals surface area contributed by atoms with Crippen molar-refractivity contribution >= 4 is 65.0 Å². The highest BCUT2D eigenvalue weighted by molar-refractivity contribution is 5.98. The maximum atomic E-state index is 14.3. The molecule has 70 heavy (non-hydrogen) atoms. The van der Waals surface area contributed by atoms with Gasteiger partial charge in [0.2, 0.25) is 65.0 Å². The molecule has 1 saturated heterocycles. The molecule has 1 rings (SSSR count). The van der Waals surface area contributed by atoms with E-state index < -0.39 is 152 Å². The van der Waals surface area contributed by atoms with Crippen molar-refractivity contribution in [3.8, 4) is 0 Å². The lowest BCUT2D eigenvalue weighted by atomic mass is 9.97. The highest BCUT2D eigenvalue weighted by Crippen LogP contribution is 2.19. The first-order chi connectivity index (χ1) is 32.5. The minimum atomic E-state index is -1.56. The fourth-order valence-corrected chi connectivity index (χ4v) is 7.78. The molecule has 0 aliphatic carbocycles. The summed E-state index contributed by atoms with van der Waals surface area (Å²) in [5.41, 5.74) is 0. The first-order valence-corrected chi connectivity index (χ1v) is 23.8. The number of aliphatic hydroxyl groups is 1. The molecule has 6 N–H and O–H groups in total. The van der Waals surface area contributed by atoms with Crippen LogP contribution < -0.4 is 26.6 Å². The van der Waals surface area contributed by atoms with Crippen molar-refractivity contribution in [1.29, 1.82) is 0 Å². The Morgan fingerprint density at radius 1 is 0.600 bits per heavy atom. The molecule has 0 saturated carbocycles. The zero-order valence-corrected chi connectivity index (χ0v) is 43.9. The Kier molecular flexibility index (Phi) is 25.8. The van der Waals surface area contributed by atoms with Crippen molar-refractivity contribution in [1.82, 2.24) is 56.0 Å². The SMILES string of the molecule is C/C=C/CCC(O)C1C(=O)NC(CC)C(=O)N(C)CC(=O)N(C)CC(=O)NC(C(C)C)C(=O)N(C)C(CC(C)C)C(=O)NCC(=O)NC(C)C(=O)N(C)CC(=O)NCC(=O)N(C)C(C(C)C)C(=O)N1C. The van der Waals surface area contributed by atoms with Crippen molar-refractivity contribution in [2.75, 3.05) is 75.0 Å². The van der Waals surface area contributed by atoms with E-state index in [2.05, 4.69) is 26.6 Å². The summed E-state index contributed by atoms with van der Waals surface area (Å²) in [5.74, 6) is -8.98. The molecule has 0 radical (unpaired) electrons. The van der Waals surface area contributed by atoms with Crippen LogP contribution >= 0.6 is 0 Å². The van der Waals surface area contributed by atoms with Gasteiger partial charge in [0, 0.05) is 42.3 Å². The van der Waals surface area contributed by atoms with Crippen LogP contribution in [0.5, 0.6) is 0 Å². The van der Waals surface area contributed by atoms with E-state index in [0.717, 1.165) is 24.5 Å². The van der Waals surface area contributed by atoms with Crippen molar-refractivity contribution in [2.24, 2.45) is 17.8 Å². The van der Waals surface area contributed by atoms with Gasteiger partial charge in [-0.2, -0.15) is 0 Å². The third kappa shape index (κ3) is 18.6. The topological polar surface area (TPSA) is 288 Å². The predicted octanol–water partition coefficient (Wildman–Crippen LogP) is -1.95. The molecule has 1 heterocycles. The van der Waals surface area contributed by atoms with Gasteiger partial charge in [-0.05, 0) is 57.3 Å². The largest absolute Gasteiger partial charge is 0.390 e. The molecule has 11 amide bonds. The molecule has 23 heteroatoms. The van der Waals surface area contributed by atoms with Crippen LogP contribution in [0.15, 0.2) is 12.2 Å². The molecule has 23 nitrogen and oxygen atoms in total. The van der Waals surface area contributed by atoms with Crippen molar-refractivity contribution in [2.45, 2.75) is 130 Å². The second-order valence-electron chi connectivity index (χ2n) is 19.1. The fraction of sp³-hybridized carbons (Fsp3) is 0.723. The zero-order chi connectivity index (χ0) is 53.9. The first kappa shape index (κ1) is 61.9. The molecular formula is C47H81N11O12. The second-order valence-corrected chi connectivity index (χ2v) is 19.1.